The summed E-state index contributed by atoms with van der Waals surface area (Å²) in [5, 5.41) is 3.55. The van der Waals surface area contributed by atoms with E-state index in [4.69, 9.17) is 15.3 Å². The van der Waals surface area contributed by atoms with Crippen molar-refractivity contribution < 1.29 is 14.4 Å². The van der Waals surface area contributed by atoms with Gasteiger partial charge in [0.05, 0.1) is 0 Å². The number of nitrogens with two attached hydrogens (primary N) is 1. The molecule has 1 heterocycles. The normalized spacial score (nSPS) is 11.1. The van der Waals surface area contributed by atoms with E-state index in [1.165, 1.54) is 0 Å². The summed E-state index contributed by atoms with van der Waals surface area (Å²) < 4.78 is 5.39. The predicted octanol–water partition coefficient (Wildman–Crippen LogP) is 1.94. The summed E-state index contributed by atoms with van der Waals surface area (Å²) in [6.45, 7) is 3.65. The average Bonchev–Trinajstić information content (AvgIpc) is 2.52. The summed E-state index contributed by atoms with van der Waals surface area (Å²) in [4.78, 5) is 20.3. The Morgan fingerprint density at radius 3 is 2.77 bits per heavy atom. The molecule has 0 aliphatic carbocycles. The van der Waals surface area contributed by atoms with E-state index in [0.29, 0.717) is 11.4 Å². The second kappa shape index (κ2) is 7.21. The van der Waals surface area contributed by atoms with Gasteiger partial charge in [-0.05, 0) is 37.6 Å². The molecular weight excluding hydrogens is 282 g/mol. The molecule has 114 valence electrons. The van der Waals surface area contributed by atoms with Crippen LogP contribution in [0.4, 0.5) is 0 Å². The quantitative estimate of drug-likeness (QED) is 0.394. The molecule has 2 N–H and O–H groups in total. The van der Waals surface area contributed by atoms with Crippen molar-refractivity contribution in [1.82, 2.24) is 4.98 Å². The number of nitrogens with zero attached hydrogens (tertiary/aromatic N) is 2. The first-order valence-corrected chi connectivity index (χ1v) is 6.71. The maximum absolute atomic E-state index is 11.6. The molecule has 0 spiro atoms. The van der Waals surface area contributed by atoms with Crippen LogP contribution in [0.5, 0.6) is 5.75 Å². The molecule has 6 nitrogen and oxygen atoms in total. The largest absolute Gasteiger partial charge is 0.482 e. The minimum absolute atomic E-state index is 0.0282. The highest BCUT2D eigenvalue weighted by Crippen LogP contribution is 2.18. The minimum Gasteiger partial charge on any atom is -0.482 e. The lowest BCUT2D eigenvalue weighted by molar-refractivity contribution is -0.146. The van der Waals surface area contributed by atoms with Crippen LogP contribution in [-0.2, 0) is 9.63 Å². The molecule has 0 aliphatic rings. The lowest BCUT2D eigenvalue weighted by atomic mass is 10.1. The number of carbonyl (C=O) groups is 1. The molecule has 1 aromatic carbocycles. The van der Waals surface area contributed by atoms with Crippen LogP contribution in [0.1, 0.15) is 16.8 Å². The summed E-state index contributed by atoms with van der Waals surface area (Å²) in [5.41, 5.74) is 8.17. The summed E-state index contributed by atoms with van der Waals surface area (Å²) in [5.74, 6) is 0.0172. The van der Waals surface area contributed by atoms with E-state index in [0.717, 1.165) is 11.1 Å². The zero-order valence-corrected chi connectivity index (χ0v) is 12.4. The molecular formula is C16H17N3O3. The number of ether oxygens (including phenoxy) is 1. The zero-order chi connectivity index (χ0) is 15.9. The molecule has 0 saturated carbocycles. The minimum atomic E-state index is -0.640. The van der Waals surface area contributed by atoms with E-state index < -0.39 is 5.97 Å². The molecule has 2 rings (SSSR count). The van der Waals surface area contributed by atoms with Gasteiger partial charge in [0.2, 0.25) is 0 Å². The van der Waals surface area contributed by atoms with Gasteiger partial charge in [0, 0.05) is 6.20 Å². The molecule has 6 heteroatoms. The van der Waals surface area contributed by atoms with Gasteiger partial charge in [0.1, 0.15) is 11.4 Å². The number of carbonyl (C=O) groups excluding carboxylic acids is 1. The van der Waals surface area contributed by atoms with E-state index in [-0.39, 0.29) is 12.4 Å². The number of aryl methyl sites for hydroxylation is 2. The summed E-state index contributed by atoms with van der Waals surface area (Å²) in [6, 6.07) is 10.9. The van der Waals surface area contributed by atoms with Crippen LogP contribution in [0.3, 0.4) is 0 Å². The molecule has 2 aromatic rings. The summed E-state index contributed by atoms with van der Waals surface area (Å²) in [7, 11) is 0. The van der Waals surface area contributed by atoms with Crippen molar-refractivity contribution in [3.05, 3.63) is 59.4 Å². The first kappa shape index (κ1) is 15.5. The Kier molecular flexibility index (Phi) is 5.08. The molecule has 0 fully saturated rings. The lowest BCUT2D eigenvalue weighted by Crippen LogP contribution is -2.19. The Bertz CT molecular complexity index is 684. The van der Waals surface area contributed by atoms with Crippen LogP contribution in [-0.4, -0.2) is 23.4 Å². The fourth-order valence-electron chi connectivity index (χ4n) is 1.79. The van der Waals surface area contributed by atoms with Crippen molar-refractivity contribution in [3.8, 4) is 5.75 Å². The smallest absolute Gasteiger partial charge is 0.372 e. The number of benzene rings is 1. The fourth-order valence-corrected chi connectivity index (χ4v) is 1.79. The van der Waals surface area contributed by atoms with Crippen LogP contribution in [0.25, 0.3) is 0 Å². The maximum atomic E-state index is 11.6. The van der Waals surface area contributed by atoms with Crippen LogP contribution in [0.15, 0.2) is 47.8 Å². The van der Waals surface area contributed by atoms with Crippen LogP contribution < -0.4 is 10.5 Å². The van der Waals surface area contributed by atoms with Crippen molar-refractivity contribution in [2.75, 3.05) is 6.61 Å². The van der Waals surface area contributed by atoms with E-state index >= 15 is 0 Å². The lowest BCUT2D eigenvalue weighted by Gasteiger charge is -2.08. The molecule has 0 aliphatic heterocycles. The van der Waals surface area contributed by atoms with Crippen LogP contribution in [0, 0.1) is 13.8 Å². The topological polar surface area (TPSA) is 86.8 Å². The van der Waals surface area contributed by atoms with Crippen molar-refractivity contribution in [2.45, 2.75) is 13.8 Å². The van der Waals surface area contributed by atoms with Crippen molar-refractivity contribution in [1.29, 1.82) is 0 Å². The predicted molar refractivity (Wildman–Crippen MR) is 82.5 cm³/mol. The molecule has 1 aromatic heterocycles. The third-order valence-corrected chi connectivity index (χ3v) is 2.85. The number of rotatable bonds is 5. The summed E-state index contributed by atoms with van der Waals surface area (Å²) in [6.07, 6.45) is 1.57. The van der Waals surface area contributed by atoms with E-state index in [1.807, 2.05) is 32.0 Å². The van der Waals surface area contributed by atoms with E-state index in [1.54, 1.807) is 24.4 Å². The van der Waals surface area contributed by atoms with Crippen molar-refractivity contribution >= 4 is 11.8 Å². The average molecular weight is 299 g/mol. The molecule has 0 bridgehead atoms. The standard InChI is InChI=1S/C16H17N3O3/c1-11-6-7-14(12(2)9-11)21-10-15(20)22-19-16(17)13-5-3-4-8-18-13/h3-9H,10H2,1-2H3,(H2,17,19). The third-order valence-electron chi connectivity index (χ3n) is 2.85. The highest BCUT2D eigenvalue weighted by Gasteiger charge is 2.07. The second-order valence-corrected chi connectivity index (χ2v) is 4.71. The second-order valence-electron chi connectivity index (χ2n) is 4.71. The van der Waals surface area contributed by atoms with E-state index in [9.17, 15) is 4.79 Å². The maximum Gasteiger partial charge on any atom is 0.372 e. The molecule has 22 heavy (non-hydrogen) atoms. The zero-order valence-electron chi connectivity index (χ0n) is 12.4. The van der Waals surface area contributed by atoms with Gasteiger partial charge in [-0.1, -0.05) is 28.9 Å². The molecule has 0 atom stereocenters. The van der Waals surface area contributed by atoms with Crippen molar-refractivity contribution in [3.63, 3.8) is 0 Å². The summed E-state index contributed by atoms with van der Waals surface area (Å²) >= 11 is 0. The Morgan fingerprint density at radius 1 is 1.27 bits per heavy atom. The Hall–Kier alpha value is -2.89. The number of hydrogen-bond donors (Lipinski definition) is 1. The van der Waals surface area contributed by atoms with Gasteiger partial charge in [-0.15, -0.1) is 0 Å². The first-order valence-electron chi connectivity index (χ1n) is 6.71. The number of pyridine rings is 1. The van der Waals surface area contributed by atoms with Gasteiger partial charge in [-0.25, -0.2) is 4.79 Å². The number of amidine groups is 1. The number of hydrogen-bond acceptors (Lipinski definition) is 5. The Balaban J connectivity index is 1.88. The van der Waals surface area contributed by atoms with Gasteiger partial charge in [-0.2, -0.15) is 0 Å². The molecule has 0 unspecified atom stereocenters. The van der Waals surface area contributed by atoms with E-state index in [2.05, 4.69) is 10.1 Å². The van der Waals surface area contributed by atoms with Gasteiger partial charge in [0.25, 0.3) is 0 Å². The third kappa shape index (κ3) is 4.31. The number of aromatic nitrogens is 1. The van der Waals surface area contributed by atoms with Gasteiger partial charge in [-0.3, -0.25) is 4.98 Å². The van der Waals surface area contributed by atoms with Crippen LogP contribution >= 0.6 is 0 Å². The monoisotopic (exact) mass is 299 g/mol. The highest BCUT2D eigenvalue weighted by molar-refractivity contribution is 5.95. The number of oxime groups is 1. The van der Waals surface area contributed by atoms with Crippen molar-refractivity contribution in [2.24, 2.45) is 10.9 Å². The molecule has 0 saturated heterocycles. The van der Waals surface area contributed by atoms with Gasteiger partial charge >= 0.3 is 5.97 Å². The first-order chi connectivity index (χ1) is 10.6. The highest BCUT2D eigenvalue weighted by atomic mass is 16.7. The Morgan fingerprint density at radius 2 is 2.09 bits per heavy atom. The molecule has 0 radical (unpaired) electrons. The Labute approximate surface area is 128 Å². The SMILES string of the molecule is Cc1ccc(OCC(=O)O/N=C(\N)c2ccccn2)c(C)c1. The molecule has 0 amide bonds. The fraction of sp³-hybridized carbons (Fsp3) is 0.188. The van der Waals surface area contributed by atoms with Gasteiger partial charge < -0.3 is 15.3 Å². The van der Waals surface area contributed by atoms with Crippen LogP contribution in [0.2, 0.25) is 0 Å². The van der Waals surface area contributed by atoms with Gasteiger partial charge in [0.15, 0.2) is 12.4 Å².